The smallest absolute Gasteiger partial charge is 0.263 e. The maximum absolute atomic E-state index is 12.5. The van der Waals surface area contributed by atoms with E-state index in [4.69, 9.17) is 4.52 Å². The first-order chi connectivity index (χ1) is 9.46. The minimum Gasteiger partial charge on any atom is -0.360 e. The summed E-state index contributed by atoms with van der Waals surface area (Å²) in [6, 6.07) is 7.04. The SMILES string of the molecule is Cc1cc(NS(=O)(=O)c2cc(CI)ccc2CI)no1. The second-order valence-corrected chi connectivity index (χ2v) is 7.31. The zero-order chi connectivity index (χ0) is 14.8. The molecule has 5 nitrogen and oxygen atoms in total. The molecule has 0 fully saturated rings. The summed E-state index contributed by atoms with van der Waals surface area (Å²) in [4.78, 5) is 0.293. The Labute approximate surface area is 144 Å². The van der Waals surface area contributed by atoms with Gasteiger partial charge in [-0.05, 0) is 24.1 Å². The third kappa shape index (κ3) is 3.64. The fourth-order valence-corrected chi connectivity index (χ4v) is 4.32. The van der Waals surface area contributed by atoms with E-state index in [2.05, 4.69) is 55.1 Å². The summed E-state index contributed by atoms with van der Waals surface area (Å²) in [6.45, 7) is 1.71. The highest BCUT2D eigenvalue weighted by molar-refractivity contribution is 14.1. The molecule has 8 heteroatoms. The molecule has 2 rings (SSSR count). The largest absolute Gasteiger partial charge is 0.360 e. The van der Waals surface area contributed by atoms with Crippen molar-refractivity contribution < 1.29 is 12.9 Å². The predicted octanol–water partition coefficient (Wildman–Crippen LogP) is 3.65. The first-order valence-electron chi connectivity index (χ1n) is 5.66. The quantitative estimate of drug-likeness (QED) is 0.485. The van der Waals surface area contributed by atoms with E-state index in [1.807, 2.05) is 12.1 Å². The Kier molecular flexibility index (Phi) is 5.29. The van der Waals surface area contributed by atoms with Crippen molar-refractivity contribution >= 4 is 61.0 Å². The highest BCUT2D eigenvalue weighted by Crippen LogP contribution is 2.24. The molecule has 0 spiro atoms. The number of benzene rings is 1. The molecule has 0 amide bonds. The van der Waals surface area contributed by atoms with Gasteiger partial charge >= 0.3 is 0 Å². The van der Waals surface area contributed by atoms with Gasteiger partial charge in [-0.15, -0.1) is 0 Å². The predicted molar refractivity (Wildman–Crippen MR) is 93.9 cm³/mol. The Morgan fingerprint density at radius 1 is 1.25 bits per heavy atom. The third-order valence-corrected chi connectivity index (χ3v) is 5.73. The zero-order valence-corrected chi connectivity index (χ0v) is 15.7. The minimum absolute atomic E-state index is 0.196. The molecule has 0 aliphatic heterocycles. The van der Waals surface area contributed by atoms with Gasteiger partial charge in [0.05, 0.1) is 4.90 Å². The van der Waals surface area contributed by atoms with Crippen molar-refractivity contribution in [3.8, 4) is 0 Å². The number of hydrogen-bond donors (Lipinski definition) is 1. The molecule has 0 aliphatic carbocycles. The van der Waals surface area contributed by atoms with Crippen molar-refractivity contribution in [3.05, 3.63) is 41.2 Å². The molecule has 1 N–H and O–H groups in total. The van der Waals surface area contributed by atoms with Gasteiger partial charge < -0.3 is 4.52 Å². The highest BCUT2D eigenvalue weighted by Gasteiger charge is 2.20. The highest BCUT2D eigenvalue weighted by atomic mass is 127. The first kappa shape index (κ1) is 16.0. The molecule has 0 saturated heterocycles. The lowest BCUT2D eigenvalue weighted by Gasteiger charge is -2.10. The third-order valence-electron chi connectivity index (χ3n) is 2.59. The number of nitrogens with one attached hydrogen (secondary N) is 1. The van der Waals surface area contributed by atoms with Gasteiger partial charge in [0.2, 0.25) is 0 Å². The van der Waals surface area contributed by atoms with Gasteiger partial charge in [0.15, 0.2) is 5.82 Å². The van der Waals surface area contributed by atoms with Crippen molar-refractivity contribution in [2.75, 3.05) is 4.72 Å². The normalized spacial score (nSPS) is 11.6. The maximum atomic E-state index is 12.5. The molecule has 0 saturated carbocycles. The van der Waals surface area contributed by atoms with E-state index >= 15 is 0 Å². The van der Waals surface area contributed by atoms with Crippen LogP contribution in [-0.2, 0) is 18.9 Å². The summed E-state index contributed by atoms with van der Waals surface area (Å²) in [7, 11) is -3.66. The van der Waals surface area contributed by atoms with Crippen molar-refractivity contribution in [2.24, 2.45) is 0 Å². The second kappa shape index (κ2) is 6.60. The molecule has 0 radical (unpaired) electrons. The fraction of sp³-hybridized carbons (Fsp3) is 0.250. The zero-order valence-electron chi connectivity index (χ0n) is 10.6. The van der Waals surface area contributed by atoms with Gasteiger partial charge in [-0.1, -0.05) is 62.5 Å². The molecular weight excluding hydrogens is 506 g/mol. The molecule has 108 valence electrons. The number of halogens is 2. The van der Waals surface area contributed by atoms with Gasteiger partial charge in [-0.3, -0.25) is 4.72 Å². The van der Waals surface area contributed by atoms with Crippen LogP contribution in [0.15, 0.2) is 33.7 Å². The summed E-state index contributed by atoms with van der Waals surface area (Å²) >= 11 is 4.35. The maximum Gasteiger partial charge on any atom is 0.263 e. The number of alkyl halides is 2. The minimum atomic E-state index is -3.66. The molecular formula is C12H12I2N2O3S. The molecule has 2 aromatic rings. The molecule has 0 unspecified atom stereocenters. The molecule has 1 aromatic carbocycles. The van der Waals surface area contributed by atoms with Crippen LogP contribution in [0.5, 0.6) is 0 Å². The number of anilines is 1. The van der Waals surface area contributed by atoms with Crippen LogP contribution >= 0.6 is 45.2 Å². The van der Waals surface area contributed by atoms with Gasteiger partial charge in [0, 0.05) is 14.9 Å². The summed E-state index contributed by atoms with van der Waals surface area (Å²) in [5.74, 6) is 0.750. The van der Waals surface area contributed by atoms with Crippen LogP contribution in [-0.4, -0.2) is 13.6 Å². The van der Waals surface area contributed by atoms with Crippen LogP contribution in [0.2, 0.25) is 0 Å². The standard InChI is InChI=1S/C12H12I2N2O3S/c1-8-4-12(15-19-8)16-20(17,18)11-5-9(6-13)2-3-10(11)7-14/h2-5H,6-7H2,1H3,(H,15,16). The van der Waals surface area contributed by atoms with Crippen molar-refractivity contribution in [1.29, 1.82) is 0 Å². The van der Waals surface area contributed by atoms with Gasteiger partial charge in [-0.2, -0.15) is 0 Å². The average Bonchev–Trinajstić information content (AvgIpc) is 2.82. The summed E-state index contributed by atoms with van der Waals surface area (Å²) in [5.41, 5.74) is 1.74. The van der Waals surface area contributed by atoms with Crippen LogP contribution < -0.4 is 4.72 Å². The lowest BCUT2D eigenvalue weighted by molar-refractivity contribution is 0.400. The molecule has 0 atom stereocenters. The van der Waals surface area contributed by atoms with Crippen molar-refractivity contribution in [1.82, 2.24) is 5.16 Å². The Hall–Kier alpha value is -0.360. The average molecular weight is 518 g/mol. The summed E-state index contributed by atoms with van der Waals surface area (Å²) < 4.78 is 33.6. The number of nitrogens with zero attached hydrogens (tertiary/aromatic N) is 1. The van der Waals surface area contributed by atoms with E-state index in [-0.39, 0.29) is 5.82 Å². The summed E-state index contributed by atoms with van der Waals surface area (Å²) in [5, 5.41) is 3.66. The Balaban J connectivity index is 2.42. The lowest BCUT2D eigenvalue weighted by atomic mass is 10.2. The molecule has 0 aliphatic rings. The van der Waals surface area contributed by atoms with Crippen LogP contribution in [0.4, 0.5) is 5.82 Å². The van der Waals surface area contributed by atoms with Crippen molar-refractivity contribution in [2.45, 2.75) is 20.7 Å². The molecule has 20 heavy (non-hydrogen) atoms. The number of aryl methyl sites for hydroxylation is 1. The van der Waals surface area contributed by atoms with Crippen LogP contribution in [0.25, 0.3) is 0 Å². The monoisotopic (exact) mass is 518 g/mol. The number of hydrogen-bond acceptors (Lipinski definition) is 4. The number of aromatic nitrogens is 1. The number of sulfonamides is 1. The molecule has 1 heterocycles. The Morgan fingerprint density at radius 3 is 2.55 bits per heavy atom. The van der Waals surface area contributed by atoms with Gasteiger partial charge in [0.25, 0.3) is 10.0 Å². The molecule has 1 aromatic heterocycles. The van der Waals surface area contributed by atoms with Crippen LogP contribution in [0, 0.1) is 6.92 Å². The van der Waals surface area contributed by atoms with E-state index in [0.717, 1.165) is 15.6 Å². The van der Waals surface area contributed by atoms with E-state index in [1.54, 1.807) is 19.1 Å². The van der Waals surface area contributed by atoms with E-state index < -0.39 is 10.0 Å². The van der Waals surface area contributed by atoms with E-state index in [0.29, 0.717) is 15.1 Å². The summed E-state index contributed by atoms with van der Waals surface area (Å²) in [6.07, 6.45) is 0. The van der Waals surface area contributed by atoms with Crippen molar-refractivity contribution in [3.63, 3.8) is 0 Å². The van der Waals surface area contributed by atoms with Gasteiger partial charge in [0.1, 0.15) is 5.76 Å². The van der Waals surface area contributed by atoms with Crippen LogP contribution in [0.3, 0.4) is 0 Å². The Bertz CT molecular complexity index is 713. The Morgan fingerprint density at radius 2 is 2.00 bits per heavy atom. The van der Waals surface area contributed by atoms with E-state index in [1.165, 1.54) is 0 Å². The van der Waals surface area contributed by atoms with Crippen LogP contribution in [0.1, 0.15) is 16.9 Å². The second-order valence-electron chi connectivity index (χ2n) is 4.14. The van der Waals surface area contributed by atoms with Gasteiger partial charge in [-0.25, -0.2) is 8.42 Å². The lowest BCUT2D eigenvalue weighted by Crippen LogP contribution is -2.15. The topological polar surface area (TPSA) is 72.2 Å². The molecule has 0 bridgehead atoms. The number of rotatable bonds is 5. The van der Waals surface area contributed by atoms with E-state index in [9.17, 15) is 8.42 Å². The first-order valence-corrected chi connectivity index (χ1v) is 10.2. The fourth-order valence-electron chi connectivity index (χ4n) is 1.65.